The number of benzene rings is 5. The van der Waals surface area contributed by atoms with Crippen molar-refractivity contribution in [3.8, 4) is 5.75 Å². The van der Waals surface area contributed by atoms with Gasteiger partial charge >= 0.3 is 0 Å². The Hall–Kier alpha value is -6.78. The summed E-state index contributed by atoms with van der Waals surface area (Å²) in [5, 5.41) is 29.4. The first-order valence-corrected chi connectivity index (χ1v) is 30.8. The smallest absolute Gasteiger partial charge is 0.296 e. The Morgan fingerprint density at radius 1 is 0.554 bits per heavy atom. The summed E-state index contributed by atoms with van der Waals surface area (Å²) in [5.41, 5.74) is 2.91. The van der Waals surface area contributed by atoms with E-state index in [0.29, 0.717) is 35.9 Å². The molecule has 1 heterocycles. The number of phenols is 1. The number of aryl methyl sites for hydroxylation is 1. The van der Waals surface area contributed by atoms with Crippen molar-refractivity contribution < 1.29 is 86.8 Å². The van der Waals surface area contributed by atoms with Gasteiger partial charge in [-0.25, -0.2) is 16.8 Å². The topological polar surface area (TPSA) is 499 Å². The Labute approximate surface area is 420 Å². The summed E-state index contributed by atoms with van der Waals surface area (Å²) in [4.78, 5) is 7.89. The van der Waals surface area contributed by atoms with Crippen molar-refractivity contribution >= 4 is 133 Å². The minimum atomic E-state index is -5.54. The number of nitrogens with one attached hydrogen (secondary N) is 2. The van der Waals surface area contributed by atoms with E-state index in [0.717, 1.165) is 36.4 Å². The van der Waals surface area contributed by atoms with Crippen molar-refractivity contribution in [2.24, 2.45) is 20.5 Å². The number of nitrogens with two attached hydrogens (primary N) is 1. The Bertz CT molecular complexity index is 4150. The molecule has 0 unspecified atom stereocenters. The van der Waals surface area contributed by atoms with Crippen LogP contribution in [0.15, 0.2) is 124 Å². The number of nitrogen functional groups attached to an aromatic ring is 1. The molecule has 0 amide bonds. The summed E-state index contributed by atoms with van der Waals surface area (Å²) in [5.74, 6) is -6.95. The third kappa shape index (κ3) is 13.9. The fourth-order valence-electron chi connectivity index (χ4n) is 6.37. The average molecular weight is 1170 g/mol. The lowest BCUT2D eigenvalue weighted by molar-refractivity contribution is 0.472. The highest BCUT2D eigenvalue weighted by molar-refractivity contribution is 7.93. The highest BCUT2D eigenvalue weighted by Gasteiger charge is 2.29. The summed E-state index contributed by atoms with van der Waals surface area (Å²) in [6.07, 6.45) is 0.471. The maximum Gasteiger partial charge on any atom is 0.296 e. The molecule has 0 aliphatic rings. The molecule has 30 nitrogen and oxygen atoms in total. The maximum atomic E-state index is 13.2. The molecule has 0 aliphatic carbocycles. The van der Waals surface area contributed by atoms with Crippen LogP contribution in [0.25, 0.3) is 10.8 Å². The number of rotatable bonds is 20. The molecule has 0 spiro atoms. The number of sulfone groups is 2. The molecule has 10 N–H and O–H groups in total. The normalized spacial score (nSPS) is 13.2. The summed E-state index contributed by atoms with van der Waals surface area (Å²) in [6.45, 7) is 1.81. The number of para-hydroxylation sites is 1. The molecule has 0 aliphatic heterocycles. The van der Waals surface area contributed by atoms with Gasteiger partial charge in [0.2, 0.25) is 21.7 Å². The van der Waals surface area contributed by atoms with Crippen molar-refractivity contribution in [2.45, 2.75) is 38.1 Å². The maximum absolute atomic E-state index is 13.2. The van der Waals surface area contributed by atoms with Crippen LogP contribution in [0.5, 0.6) is 5.75 Å². The van der Waals surface area contributed by atoms with Crippen LogP contribution < -0.4 is 16.4 Å². The van der Waals surface area contributed by atoms with Gasteiger partial charge in [0, 0.05) is 11.4 Å². The largest absolute Gasteiger partial charge is 0.505 e. The van der Waals surface area contributed by atoms with E-state index in [-0.39, 0.29) is 11.4 Å². The molecule has 37 heteroatoms. The third-order valence-corrected chi connectivity index (χ3v) is 17.6. The van der Waals surface area contributed by atoms with Gasteiger partial charge in [0.05, 0.1) is 44.7 Å². The molecule has 0 atom stereocenters. The van der Waals surface area contributed by atoms with E-state index in [1.54, 1.807) is 31.2 Å². The van der Waals surface area contributed by atoms with E-state index in [9.17, 15) is 82.2 Å². The second-order valence-corrected chi connectivity index (χ2v) is 26.5. The van der Waals surface area contributed by atoms with E-state index in [1.807, 2.05) is 0 Å². The van der Waals surface area contributed by atoms with Gasteiger partial charge in [0.15, 0.2) is 15.6 Å². The van der Waals surface area contributed by atoms with Crippen molar-refractivity contribution in [1.29, 1.82) is 0 Å². The number of anilines is 5. The second-order valence-electron chi connectivity index (χ2n) is 15.0. The number of nitrogens with zero attached hydrogens (tertiary/aromatic N) is 7. The van der Waals surface area contributed by atoms with Crippen LogP contribution >= 0.6 is 0 Å². The number of hydrogen-bond acceptors (Lipinski definition) is 25. The average Bonchev–Trinajstić information content (AvgIpc) is 3.28. The van der Waals surface area contributed by atoms with E-state index >= 15 is 0 Å². The molecule has 5 aromatic carbocycles. The second kappa shape index (κ2) is 20.9. The first-order chi connectivity index (χ1) is 34.1. The summed E-state index contributed by atoms with van der Waals surface area (Å²) >= 11 is 0. The Kier molecular flexibility index (Phi) is 15.9. The fourth-order valence-corrected chi connectivity index (χ4v) is 13.2. The lowest BCUT2D eigenvalue weighted by Crippen LogP contribution is -2.20. The van der Waals surface area contributed by atoms with Gasteiger partial charge < -0.3 is 21.5 Å². The molecule has 396 valence electrons. The highest BCUT2D eigenvalue weighted by atomic mass is 32.2. The predicted molar refractivity (Wildman–Crippen MR) is 260 cm³/mol. The number of aromatic hydroxyl groups is 1. The number of azo groups is 2. The first kappa shape index (κ1) is 56.5. The van der Waals surface area contributed by atoms with E-state index in [4.69, 9.17) is 10.3 Å². The van der Waals surface area contributed by atoms with Gasteiger partial charge in [-0.3, -0.25) is 22.8 Å². The van der Waals surface area contributed by atoms with Gasteiger partial charge in [-0.05, 0) is 78.0 Å². The van der Waals surface area contributed by atoms with E-state index in [1.165, 1.54) is 0 Å². The quantitative estimate of drug-likeness (QED) is 0.0293. The Balaban J connectivity index is 1.47. The molecule has 0 saturated carbocycles. The number of aromatic nitrogens is 3. The van der Waals surface area contributed by atoms with Gasteiger partial charge in [-0.15, -0.1) is 15.3 Å². The van der Waals surface area contributed by atoms with Crippen LogP contribution in [-0.2, 0) is 76.7 Å². The summed E-state index contributed by atoms with van der Waals surface area (Å²) < 4.78 is 221. The molecular weight excluding hydrogens is 1130 g/mol. The van der Waals surface area contributed by atoms with Gasteiger partial charge in [0.25, 0.3) is 55.7 Å². The fraction of sp³-hybridized carbons (Fsp3) is 0.162. The lowest BCUT2D eigenvalue weighted by atomic mass is 10.1. The van der Waals surface area contributed by atoms with Crippen molar-refractivity contribution in [1.82, 2.24) is 15.0 Å². The van der Waals surface area contributed by atoms with Crippen LogP contribution in [0.1, 0.15) is 12.5 Å². The summed E-state index contributed by atoms with van der Waals surface area (Å²) in [7, 11) is -34.6. The number of phenolic OH excluding ortho intramolecular Hbond substituents is 1. The van der Waals surface area contributed by atoms with E-state index < -0.39 is 169 Å². The molecule has 6 rings (SSSR count). The van der Waals surface area contributed by atoms with Crippen LogP contribution in [0.2, 0.25) is 0 Å². The van der Waals surface area contributed by atoms with Crippen LogP contribution in [0.3, 0.4) is 0 Å². The minimum Gasteiger partial charge on any atom is -0.505 e. The standard InChI is InChI=1S/C37H36N10O20S7/c1-2-20-5-3-4-6-25(20)40-36-41-35(42-37(43-36)69(51,52)14-16-71(56,57)58)39-23-9-12-27(72(59,60)61)26(19-23)45-47-33-29(74(65,66)67)18-21-17-28(73(62,63)64)32(31(38)30(21)34(33)48)46-44-22-7-10-24(11-8-22)68(49,50)13-15-70(53,54)55/h3-12,17-19,48H,2,13-16,38H2,1H3,(H,53,54,55)(H,56,57,58)(H,59,60,61)(H,62,63,64)(H,65,66,67)(H2,39,40,41,42,43). The van der Waals surface area contributed by atoms with Gasteiger partial charge in [0.1, 0.15) is 31.7 Å². The first-order valence-electron chi connectivity index (χ1n) is 19.9. The van der Waals surface area contributed by atoms with Crippen LogP contribution in [0, 0.1) is 0 Å². The minimum absolute atomic E-state index is 0.224. The van der Waals surface area contributed by atoms with Gasteiger partial charge in [-0.1, -0.05) is 25.1 Å². The van der Waals surface area contributed by atoms with Crippen LogP contribution in [0.4, 0.5) is 51.7 Å². The van der Waals surface area contributed by atoms with Crippen molar-refractivity contribution in [2.75, 3.05) is 39.4 Å². The number of fused-ring (bicyclic) bond motifs is 1. The Morgan fingerprint density at radius 2 is 1.08 bits per heavy atom. The van der Waals surface area contributed by atoms with Crippen molar-refractivity contribution in [3.63, 3.8) is 0 Å². The Morgan fingerprint density at radius 3 is 1.64 bits per heavy atom. The third-order valence-electron chi connectivity index (χ3n) is 9.84. The zero-order valence-corrected chi connectivity index (χ0v) is 42.7. The molecule has 0 bridgehead atoms. The SMILES string of the molecule is CCc1ccccc1Nc1nc(Nc2ccc(S(=O)(=O)O)c(N=Nc3c(S(=O)(=O)O)cc4cc(S(=O)(=O)O)c(N=Nc5ccc(S(=O)(=O)CCS(=O)(=O)O)cc5)c(N)c4c3O)c2)nc(S(=O)(=O)CCS(=O)(=O)O)n1. The molecule has 0 radical (unpaired) electrons. The van der Waals surface area contributed by atoms with E-state index in [2.05, 4.69) is 46.0 Å². The molecule has 74 heavy (non-hydrogen) atoms. The lowest BCUT2D eigenvalue weighted by Gasteiger charge is -2.14. The summed E-state index contributed by atoms with van der Waals surface area (Å²) in [6, 6.07) is 14.1. The predicted octanol–water partition coefficient (Wildman–Crippen LogP) is 4.26. The van der Waals surface area contributed by atoms with Crippen LogP contribution in [-0.4, -0.2) is 125 Å². The number of hydrogen-bond donors (Lipinski definition) is 9. The molecule has 0 fully saturated rings. The molecule has 0 saturated heterocycles. The molecule has 6 aromatic rings. The van der Waals surface area contributed by atoms with Gasteiger partial charge in [-0.2, -0.15) is 62.2 Å². The zero-order chi connectivity index (χ0) is 55.0. The molecular formula is C37H36N10O20S7. The van der Waals surface area contributed by atoms with Crippen molar-refractivity contribution in [3.05, 3.63) is 84.4 Å². The molecule has 1 aromatic heterocycles. The highest BCUT2D eigenvalue weighted by Crippen LogP contribution is 2.48. The monoisotopic (exact) mass is 1160 g/mol. The zero-order valence-electron chi connectivity index (χ0n) is 37.0.